The minimum atomic E-state index is -1.14. The van der Waals surface area contributed by atoms with Crippen LogP contribution >= 0.6 is 0 Å². The maximum atomic E-state index is 13.4. The highest BCUT2D eigenvalue weighted by molar-refractivity contribution is 5.92. The summed E-state index contributed by atoms with van der Waals surface area (Å²) in [5, 5.41) is 11.9. The van der Waals surface area contributed by atoms with Crippen molar-refractivity contribution in [3.05, 3.63) is 41.7 Å². The largest absolute Gasteiger partial charge is 0.481 e. The summed E-state index contributed by atoms with van der Waals surface area (Å²) >= 11 is 0. The van der Waals surface area contributed by atoms with E-state index < -0.39 is 28.6 Å². The number of halogens is 1. The van der Waals surface area contributed by atoms with E-state index in [4.69, 9.17) is 0 Å². The third-order valence-electron chi connectivity index (χ3n) is 3.85. The zero-order valence-electron chi connectivity index (χ0n) is 12.6. The van der Waals surface area contributed by atoms with Gasteiger partial charge in [-0.2, -0.15) is 0 Å². The number of hydrogen-bond acceptors (Lipinski definition) is 2. The van der Waals surface area contributed by atoms with E-state index in [1.54, 1.807) is 32.0 Å². The molecule has 1 aromatic carbocycles. The van der Waals surface area contributed by atoms with Crippen molar-refractivity contribution < 1.29 is 19.1 Å². The lowest BCUT2D eigenvalue weighted by molar-refractivity contribution is -0.151. The molecule has 0 aliphatic heterocycles. The molecule has 5 heteroatoms. The van der Waals surface area contributed by atoms with E-state index in [0.29, 0.717) is 5.56 Å². The quantitative estimate of drug-likeness (QED) is 0.820. The van der Waals surface area contributed by atoms with Crippen molar-refractivity contribution in [1.82, 2.24) is 5.32 Å². The van der Waals surface area contributed by atoms with Gasteiger partial charge in [0.2, 0.25) is 5.91 Å². The lowest BCUT2D eigenvalue weighted by Gasteiger charge is -2.38. The Hall–Kier alpha value is -2.17. The molecule has 0 aromatic heterocycles. The number of carbonyl (C=O) groups excluding carboxylic acids is 1. The van der Waals surface area contributed by atoms with Crippen molar-refractivity contribution in [1.29, 1.82) is 0 Å². The van der Waals surface area contributed by atoms with E-state index in [1.807, 2.05) is 0 Å². The van der Waals surface area contributed by atoms with Gasteiger partial charge in [0.15, 0.2) is 0 Å². The van der Waals surface area contributed by atoms with Crippen LogP contribution in [0.3, 0.4) is 0 Å². The number of rotatable bonds is 5. The lowest BCUT2D eigenvalue weighted by atomic mass is 9.74. The number of benzene rings is 1. The van der Waals surface area contributed by atoms with Gasteiger partial charge in [0.25, 0.3) is 0 Å². The van der Waals surface area contributed by atoms with Crippen molar-refractivity contribution in [2.75, 3.05) is 0 Å². The second kappa shape index (κ2) is 6.08. The van der Waals surface area contributed by atoms with E-state index in [0.717, 1.165) is 0 Å². The van der Waals surface area contributed by atoms with Crippen LogP contribution < -0.4 is 5.32 Å². The second-order valence-corrected chi connectivity index (χ2v) is 5.90. The SMILES string of the molecule is CC(C)(NC(=O)C=Cc1ccccc1F)C(C)(C)C(=O)O. The minimum Gasteiger partial charge on any atom is -0.481 e. The molecule has 1 aromatic rings. The molecule has 1 amide bonds. The van der Waals surface area contributed by atoms with Gasteiger partial charge >= 0.3 is 5.97 Å². The molecule has 0 radical (unpaired) electrons. The van der Waals surface area contributed by atoms with Crippen LogP contribution in [-0.4, -0.2) is 22.5 Å². The molecule has 114 valence electrons. The summed E-state index contributed by atoms with van der Waals surface area (Å²) in [4.78, 5) is 23.2. The smallest absolute Gasteiger partial charge is 0.311 e. The predicted molar refractivity (Wildman–Crippen MR) is 79.1 cm³/mol. The number of carboxylic acid groups (broad SMARTS) is 1. The number of carboxylic acids is 1. The maximum Gasteiger partial charge on any atom is 0.311 e. The van der Waals surface area contributed by atoms with Crippen LogP contribution in [0.2, 0.25) is 0 Å². The molecule has 0 fully saturated rings. The van der Waals surface area contributed by atoms with Gasteiger partial charge in [0.1, 0.15) is 5.82 Å². The van der Waals surface area contributed by atoms with Gasteiger partial charge in [-0.25, -0.2) is 4.39 Å². The first-order chi connectivity index (χ1) is 9.58. The summed E-state index contributed by atoms with van der Waals surface area (Å²) < 4.78 is 13.4. The molecule has 4 nitrogen and oxygen atoms in total. The van der Waals surface area contributed by atoms with Gasteiger partial charge in [0, 0.05) is 11.6 Å². The molecule has 0 spiro atoms. The van der Waals surface area contributed by atoms with Gasteiger partial charge in [-0.15, -0.1) is 0 Å². The van der Waals surface area contributed by atoms with Crippen LogP contribution in [0.4, 0.5) is 4.39 Å². The first kappa shape index (κ1) is 16.9. The van der Waals surface area contributed by atoms with E-state index >= 15 is 0 Å². The second-order valence-electron chi connectivity index (χ2n) is 5.90. The molecule has 21 heavy (non-hydrogen) atoms. The Morgan fingerprint density at radius 2 is 1.76 bits per heavy atom. The third-order valence-corrected chi connectivity index (χ3v) is 3.85. The average molecular weight is 293 g/mol. The van der Waals surface area contributed by atoms with Gasteiger partial charge in [-0.3, -0.25) is 9.59 Å². The molecule has 0 aliphatic carbocycles. The van der Waals surface area contributed by atoms with E-state index in [1.165, 1.54) is 32.1 Å². The summed E-state index contributed by atoms with van der Waals surface area (Å²) in [6, 6.07) is 6.07. The van der Waals surface area contributed by atoms with Crippen molar-refractivity contribution in [2.24, 2.45) is 5.41 Å². The number of hydrogen-bond donors (Lipinski definition) is 2. The molecule has 1 rings (SSSR count). The molecular weight excluding hydrogens is 273 g/mol. The zero-order valence-corrected chi connectivity index (χ0v) is 12.6. The highest BCUT2D eigenvalue weighted by Crippen LogP contribution is 2.30. The van der Waals surface area contributed by atoms with Gasteiger partial charge in [0.05, 0.1) is 11.0 Å². The molecule has 0 bridgehead atoms. The van der Waals surface area contributed by atoms with Crippen LogP contribution in [0.5, 0.6) is 0 Å². The number of nitrogens with one attached hydrogen (secondary N) is 1. The van der Waals surface area contributed by atoms with Gasteiger partial charge < -0.3 is 10.4 Å². The Labute approximate surface area is 123 Å². The number of carbonyl (C=O) groups is 2. The number of aliphatic carboxylic acids is 1. The van der Waals surface area contributed by atoms with Gasteiger partial charge in [-0.05, 0) is 39.8 Å². The van der Waals surface area contributed by atoms with Crippen LogP contribution in [-0.2, 0) is 9.59 Å². The van der Waals surface area contributed by atoms with E-state index in [-0.39, 0.29) is 0 Å². The fourth-order valence-corrected chi connectivity index (χ4v) is 1.55. The fourth-order valence-electron chi connectivity index (χ4n) is 1.55. The van der Waals surface area contributed by atoms with E-state index in [2.05, 4.69) is 5.32 Å². The molecule has 0 heterocycles. The predicted octanol–water partition coefficient (Wildman–Crippen LogP) is 2.84. The van der Waals surface area contributed by atoms with Crippen molar-refractivity contribution in [3.63, 3.8) is 0 Å². The van der Waals surface area contributed by atoms with Crippen LogP contribution in [0, 0.1) is 11.2 Å². The minimum absolute atomic E-state index is 0.294. The van der Waals surface area contributed by atoms with Crippen LogP contribution in [0.15, 0.2) is 30.3 Å². The molecule has 0 aliphatic rings. The topological polar surface area (TPSA) is 66.4 Å². The molecule has 0 saturated heterocycles. The summed E-state index contributed by atoms with van der Waals surface area (Å²) in [6.07, 6.45) is 2.55. The number of amides is 1. The highest BCUT2D eigenvalue weighted by Gasteiger charge is 2.44. The average Bonchev–Trinajstić information content (AvgIpc) is 2.36. The van der Waals surface area contributed by atoms with Crippen molar-refractivity contribution >= 4 is 18.0 Å². The zero-order chi connectivity index (χ0) is 16.3. The Kier molecular flexibility index (Phi) is 4.88. The normalized spacial score (nSPS) is 12.4. The van der Waals surface area contributed by atoms with Crippen LogP contribution in [0.25, 0.3) is 6.08 Å². The Balaban J connectivity index is 2.83. The lowest BCUT2D eigenvalue weighted by Crippen LogP contribution is -2.56. The first-order valence-electron chi connectivity index (χ1n) is 6.56. The summed E-state index contributed by atoms with van der Waals surface area (Å²) in [5.74, 6) is -1.91. The standard InChI is InChI=1S/C16H20FNO3/c1-15(2,14(20)21)16(3,4)18-13(19)10-9-11-7-5-6-8-12(11)17/h5-10H,1-4H3,(H,18,19)(H,20,21). The van der Waals surface area contributed by atoms with Crippen molar-refractivity contribution in [2.45, 2.75) is 33.2 Å². The first-order valence-corrected chi connectivity index (χ1v) is 6.56. The molecule has 2 N–H and O–H groups in total. The van der Waals surface area contributed by atoms with Crippen LogP contribution in [0.1, 0.15) is 33.3 Å². The Bertz CT molecular complexity index is 577. The molecule has 0 unspecified atom stereocenters. The molecular formula is C16H20FNO3. The maximum absolute atomic E-state index is 13.4. The Morgan fingerprint density at radius 3 is 2.29 bits per heavy atom. The van der Waals surface area contributed by atoms with Crippen molar-refractivity contribution in [3.8, 4) is 0 Å². The molecule has 0 atom stereocenters. The summed E-state index contributed by atoms with van der Waals surface area (Å²) in [5.41, 5.74) is -1.81. The summed E-state index contributed by atoms with van der Waals surface area (Å²) in [7, 11) is 0. The van der Waals surface area contributed by atoms with Gasteiger partial charge in [-0.1, -0.05) is 18.2 Å². The van der Waals surface area contributed by atoms with E-state index in [9.17, 15) is 19.1 Å². The highest BCUT2D eigenvalue weighted by atomic mass is 19.1. The third kappa shape index (κ3) is 3.90. The Morgan fingerprint density at radius 1 is 1.19 bits per heavy atom. The monoisotopic (exact) mass is 293 g/mol. The molecule has 0 saturated carbocycles. The fraction of sp³-hybridized carbons (Fsp3) is 0.375. The summed E-state index contributed by atoms with van der Waals surface area (Å²) in [6.45, 7) is 6.35.